The molecular formula is C15H19N3. The summed E-state index contributed by atoms with van der Waals surface area (Å²) >= 11 is 0. The lowest BCUT2D eigenvalue weighted by Crippen LogP contribution is -2.25. The van der Waals surface area contributed by atoms with E-state index in [9.17, 15) is 0 Å². The molecule has 3 nitrogen and oxygen atoms in total. The molecule has 1 fully saturated rings. The van der Waals surface area contributed by atoms with Crippen LogP contribution in [0.4, 0.5) is 0 Å². The molecule has 0 unspecified atom stereocenters. The SMILES string of the molecule is c1cn(-c2ccc(CNC3CCCC3)cc2)cn1. The van der Waals surface area contributed by atoms with Gasteiger partial charge in [-0.05, 0) is 30.5 Å². The molecule has 1 aliphatic carbocycles. The standard InChI is InChI=1S/C15H19N3/c1-2-4-14(3-1)17-11-13-5-7-15(8-6-13)18-10-9-16-12-18/h5-10,12,14,17H,1-4,11H2. The van der Waals surface area contributed by atoms with Crippen LogP contribution in [-0.4, -0.2) is 15.6 Å². The van der Waals surface area contributed by atoms with Crippen molar-refractivity contribution < 1.29 is 0 Å². The van der Waals surface area contributed by atoms with Crippen molar-refractivity contribution in [1.82, 2.24) is 14.9 Å². The number of rotatable bonds is 4. The summed E-state index contributed by atoms with van der Waals surface area (Å²) in [5, 5.41) is 3.63. The van der Waals surface area contributed by atoms with Crippen LogP contribution in [0, 0.1) is 0 Å². The van der Waals surface area contributed by atoms with Crippen molar-refractivity contribution >= 4 is 0 Å². The summed E-state index contributed by atoms with van der Waals surface area (Å²) in [5.41, 5.74) is 2.52. The van der Waals surface area contributed by atoms with Gasteiger partial charge in [-0.15, -0.1) is 0 Å². The summed E-state index contributed by atoms with van der Waals surface area (Å²) in [6.45, 7) is 0.981. The van der Waals surface area contributed by atoms with Gasteiger partial charge in [-0.3, -0.25) is 0 Å². The van der Waals surface area contributed by atoms with Gasteiger partial charge in [0.1, 0.15) is 0 Å². The monoisotopic (exact) mass is 241 g/mol. The zero-order valence-electron chi connectivity index (χ0n) is 10.5. The van der Waals surface area contributed by atoms with Crippen molar-refractivity contribution in [1.29, 1.82) is 0 Å². The molecule has 2 aromatic rings. The van der Waals surface area contributed by atoms with Gasteiger partial charge in [0.05, 0.1) is 6.33 Å². The zero-order chi connectivity index (χ0) is 12.2. The number of nitrogens with zero attached hydrogens (tertiary/aromatic N) is 2. The van der Waals surface area contributed by atoms with Crippen molar-refractivity contribution in [3.63, 3.8) is 0 Å². The topological polar surface area (TPSA) is 29.9 Å². The summed E-state index contributed by atoms with van der Waals surface area (Å²) < 4.78 is 2.02. The molecule has 94 valence electrons. The maximum Gasteiger partial charge on any atom is 0.0991 e. The minimum absolute atomic E-state index is 0.735. The molecule has 1 aromatic carbocycles. The van der Waals surface area contributed by atoms with Crippen LogP contribution in [0.25, 0.3) is 5.69 Å². The van der Waals surface area contributed by atoms with E-state index in [1.165, 1.54) is 31.2 Å². The first-order valence-electron chi connectivity index (χ1n) is 6.72. The molecule has 0 radical (unpaired) electrons. The third kappa shape index (κ3) is 2.62. The van der Waals surface area contributed by atoms with Crippen LogP contribution in [0.1, 0.15) is 31.2 Å². The fourth-order valence-electron chi connectivity index (χ4n) is 2.59. The van der Waals surface area contributed by atoms with E-state index in [0.717, 1.165) is 18.3 Å². The normalized spacial score (nSPS) is 16.2. The van der Waals surface area contributed by atoms with E-state index in [0.29, 0.717) is 0 Å². The Morgan fingerprint density at radius 3 is 2.61 bits per heavy atom. The van der Waals surface area contributed by atoms with Gasteiger partial charge >= 0.3 is 0 Å². The van der Waals surface area contributed by atoms with Crippen LogP contribution in [0.5, 0.6) is 0 Å². The van der Waals surface area contributed by atoms with E-state index in [1.807, 2.05) is 17.1 Å². The summed E-state index contributed by atoms with van der Waals surface area (Å²) in [7, 11) is 0. The van der Waals surface area contributed by atoms with Crippen molar-refractivity contribution in [3.8, 4) is 5.69 Å². The van der Waals surface area contributed by atoms with Crippen LogP contribution >= 0.6 is 0 Å². The average Bonchev–Trinajstić information content (AvgIpc) is 3.10. The first kappa shape index (κ1) is 11.5. The van der Waals surface area contributed by atoms with E-state index in [4.69, 9.17) is 0 Å². The molecule has 3 heteroatoms. The average molecular weight is 241 g/mol. The van der Waals surface area contributed by atoms with Crippen molar-refractivity contribution in [3.05, 3.63) is 48.5 Å². The molecule has 18 heavy (non-hydrogen) atoms. The molecule has 0 atom stereocenters. The molecule has 0 spiro atoms. The van der Waals surface area contributed by atoms with Crippen LogP contribution in [0.15, 0.2) is 43.0 Å². The predicted molar refractivity (Wildman–Crippen MR) is 72.7 cm³/mol. The Balaban J connectivity index is 1.60. The molecule has 1 saturated carbocycles. The number of nitrogens with one attached hydrogen (secondary N) is 1. The highest BCUT2D eigenvalue weighted by Crippen LogP contribution is 2.18. The zero-order valence-corrected chi connectivity index (χ0v) is 10.5. The smallest absolute Gasteiger partial charge is 0.0991 e. The molecule has 0 bridgehead atoms. The summed E-state index contributed by atoms with van der Waals surface area (Å²) in [6.07, 6.45) is 11.0. The molecule has 1 aliphatic rings. The Kier molecular flexibility index (Phi) is 3.42. The van der Waals surface area contributed by atoms with Crippen molar-refractivity contribution in [2.45, 2.75) is 38.3 Å². The van der Waals surface area contributed by atoms with Gasteiger partial charge in [-0.1, -0.05) is 25.0 Å². The van der Waals surface area contributed by atoms with Crippen molar-refractivity contribution in [2.75, 3.05) is 0 Å². The van der Waals surface area contributed by atoms with Gasteiger partial charge in [-0.25, -0.2) is 4.98 Å². The maximum atomic E-state index is 4.06. The van der Waals surface area contributed by atoms with E-state index >= 15 is 0 Å². The first-order chi connectivity index (χ1) is 8.92. The minimum atomic E-state index is 0.735. The summed E-state index contributed by atoms with van der Waals surface area (Å²) in [6, 6.07) is 9.41. The van der Waals surface area contributed by atoms with Gasteiger partial charge in [0, 0.05) is 30.7 Å². The highest BCUT2D eigenvalue weighted by molar-refractivity contribution is 5.34. The van der Waals surface area contributed by atoms with E-state index < -0.39 is 0 Å². The number of aromatic nitrogens is 2. The Bertz CT molecular complexity index is 467. The molecule has 1 aromatic heterocycles. The Labute approximate surface area is 108 Å². The highest BCUT2D eigenvalue weighted by atomic mass is 15.0. The Morgan fingerprint density at radius 2 is 1.94 bits per heavy atom. The van der Waals surface area contributed by atoms with Crippen molar-refractivity contribution in [2.24, 2.45) is 0 Å². The summed E-state index contributed by atoms with van der Waals surface area (Å²) in [5.74, 6) is 0. The Hall–Kier alpha value is -1.61. The third-order valence-corrected chi connectivity index (χ3v) is 3.69. The predicted octanol–water partition coefficient (Wildman–Crippen LogP) is 2.90. The first-order valence-corrected chi connectivity index (χ1v) is 6.72. The molecule has 1 N–H and O–H groups in total. The van der Waals surface area contributed by atoms with E-state index in [1.54, 1.807) is 6.20 Å². The molecule has 1 heterocycles. The largest absolute Gasteiger partial charge is 0.310 e. The molecular weight excluding hydrogens is 222 g/mol. The molecule has 0 saturated heterocycles. The molecule has 0 amide bonds. The van der Waals surface area contributed by atoms with Gasteiger partial charge in [-0.2, -0.15) is 0 Å². The lowest BCUT2D eigenvalue weighted by molar-refractivity contribution is 0.524. The minimum Gasteiger partial charge on any atom is -0.310 e. The number of hydrogen-bond acceptors (Lipinski definition) is 2. The third-order valence-electron chi connectivity index (χ3n) is 3.69. The summed E-state index contributed by atoms with van der Waals surface area (Å²) in [4.78, 5) is 4.06. The maximum absolute atomic E-state index is 4.06. The molecule has 3 rings (SSSR count). The van der Waals surface area contributed by atoms with Crippen LogP contribution in [-0.2, 0) is 6.54 Å². The second-order valence-corrected chi connectivity index (χ2v) is 5.00. The second kappa shape index (κ2) is 5.36. The van der Waals surface area contributed by atoms with E-state index in [-0.39, 0.29) is 0 Å². The van der Waals surface area contributed by atoms with Crippen LogP contribution in [0.2, 0.25) is 0 Å². The lowest BCUT2D eigenvalue weighted by atomic mass is 10.2. The fraction of sp³-hybridized carbons (Fsp3) is 0.400. The van der Waals surface area contributed by atoms with E-state index in [2.05, 4.69) is 34.6 Å². The number of hydrogen-bond donors (Lipinski definition) is 1. The lowest BCUT2D eigenvalue weighted by Gasteiger charge is -2.12. The van der Waals surface area contributed by atoms with Gasteiger partial charge < -0.3 is 9.88 Å². The quantitative estimate of drug-likeness (QED) is 0.892. The Morgan fingerprint density at radius 1 is 1.17 bits per heavy atom. The van der Waals surface area contributed by atoms with Crippen LogP contribution in [0.3, 0.4) is 0 Å². The van der Waals surface area contributed by atoms with Gasteiger partial charge in [0.25, 0.3) is 0 Å². The number of imidazole rings is 1. The van der Waals surface area contributed by atoms with Gasteiger partial charge in [0.2, 0.25) is 0 Å². The molecule has 0 aliphatic heterocycles. The van der Waals surface area contributed by atoms with Crippen LogP contribution < -0.4 is 5.32 Å². The fourth-order valence-corrected chi connectivity index (χ4v) is 2.59. The van der Waals surface area contributed by atoms with Gasteiger partial charge in [0.15, 0.2) is 0 Å². The number of benzene rings is 1. The second-order valence-electron chi connectivity index (χ2n) is 5.00. The highest BCUT2D eigenvalue weighted by Gasteiger charge is 2.13.